The van der Waals surface area contributed by atoms with Gasteiger partial charge < -0.3 is 4.74 Å². The molecule has 110 valence electrons. The second-order valence-electron chi connectivity index (χ2n) is 4.36. The van der Waals surface area contributed by atoms with Crippen molar-refractivity contribution in [3.05, 3.63) is 69.4 Å². The Bertz CT molecular complexity index is 649. The number of carbonyl (C=O) groups is 1. The lowest BCUT2D eigenvalue weighted by Crippen LogP contribution is -2.29. The third-order valence-electron chi connectivity index (χ3n) is 2.92. The Labute approximate surface area is 130 Å². The molecule has 0 bridgehead atoms. The van der Waals surface area contributed by atoms with Gasteiger partial charge in [0.05, 0.1) is 13.2 Å². The molecule has 0 spiro atoms. The van der Waals surface area contributed by atoms with Crippen LogP contribution in [0, 0.1) is 5.82 Å². The highest BCUT2D eigenvalue weighted by molar-refractivity contribution is 9.10. The van der Waals surface area contributed by atoms with Crippen molar-refractivity contribution in [3.8, 4) is 0 Å². The highest BCUT2D eigenvalue weighted by Gasteiger charge is 2.08. The Hall–Kier alpha value is -1.76. The average Bonchev–Trinajstić information content (AvgIpc) is 2.50. The molecule has 0 atom stereocenters. The summed E-state index contributed by atoms with van der Waals surface area (Å²) in [4.78, 5) is 11.4. The second kappa shape index (κ2) is 7.31. The van der Waals surface area contributed by atoms with E-state index < -0.39 is 0 Å². The lowest BCUT2D eigenvalue weighted by atomic mass is 10.1. The molecule has 0 aromatic heterocycles. The first-order chi connectivity index (χ1) is 10.1. The van der Waals surface area contributed by atoms with E-state index in [1.54, 1.807) is 36.4 Å². The molecule has 4 nitrogen and oxygen atoms in total. The number of hydrogen-bond donors (Lipinski definition) is 2. The molecule has 0 aliphatic rings. The molecule has 2 rings (SSSR count). The van der Waals surface area contributed by atoms with E-state index in [2.05, 4.69) is 21.4 Å². The van der Waals surface area contributed by atoms with Crippen molar-refractivity contribution in [2.75, 3.05) is 0 Å². The van der Waals surface area contributed by atoms with Gasteiger partial charge in [-0.15, -0.1) is 0 Å². The monoisotopic (exact) mass is 352 g/mol. The summed E-state index contributed by atoms with van der Waals surface area (Å²) in [6, 6.07) is 11.5. The number of halogens is 2. The molecule has 0 unspecified atom stereocenters. The lowest BCUT2D eigenvalue weighted by molar-refractivity contribution is 0.0952. The van der Waals surface area contributed by atoms with E-state index >= 15 is 0 Å². The fraction of sp³-hybridized carbons (Fsp3) is 0.133. The number of hydrogen-bond acceptors (Lipinski definition) is 3. The summed E-state index contributed by atoms with van der Waals surface area (Å²) in [6.07, 6.45) is 0. The third kappa shape index (κ3) is 4.10. The standard InChI is InChI=1S/C15H14BrFN2O2/c16-13-7-10(15(20)19-18)5-6-11(13)8-21-9-12-3-1-2-4-14(12)17/h1-7H,8-9,18H2,(H,19,20). The molecule has 0 saturated carbocycles. The van der Waals surface area contributed by atoms with Gasteiger partial charge in [0.15, 0.2) is 0 Å². The summed E-state index contributed by atoms with van der Waals surface area (Å²) < 4.78 is 19.7. The minimum absolute atomic E-state index is 0.185. The van der Waals surface area contributed by atoms with Crippen molar-refractivity contribution in [3.63, 3.8) is 0 Å². The van der Waals surface area contributed by atoms with Gasteiger partial charge in [0.1, 0.15) is 5.82 Å². The zero-order valence-corrected chi connectivity index (χ0v) is 12.7. The van der Waals surface area contributed by atoms with E-state index in [1.165, 1.54) is 6.07 Å². The molecule has 1 amide bonds. The normalized spacial score (nSPS) is 10.4. The second-order valence-corrected chi connectivity index (χ2v) is 5.22. The van der Waals surface area contributed by atoms with Crippen molar-refractivity contribution in [2.24, 2.45) is 5.84 Å². The Kier molecular flexibility index (Phi) is 5.44. The first-order valence-corrected chi connectivity index (χ1v) is 7.01. The van der Waals surface area contributed by atoms with E-state index in [-0.39, 0.29) is 18.3 Å². The minimum atomic E-state index is -0.366. The van der Waals surface area contributed by atoms with Gasteiger partial charge in [-0.1, -0.05) is 40.2 Å². The number of ether oxygens (including phenoxy) is 1. The summed E-state index contributed by atoms with van der Waals surface area (Å²) in [5, 5.41) is 0. The molecule has 0 heterocycles. The molecular formula is C15H14BrFN2O2. The molecule has 3 N–H and O–H groups in total. The van der Waals surface area contributed by atoms with Gasteiger partial charge in [-0.2, -0.15) is 0 Å². The van der Waals surface area contributed by atoms with Crippen LogP contribution in [-0.2, 0) is 18.0 Å². The van der Waals surface area contributed by atoms with Crippen LogP contribution >= 0.6 is 15.9 Å². The van der Waals surface area contributed by atoms with Crippen LogP contribution in [0.1, 0.15) is 21.5 Å². The van der Waals surface area contributed by atoms with E-state index in [1.807, 2.05) is 0 Å². The van der Waals surface area contributed by atoms with E-state index in [9.17, 15) is 9.18 Å². The zero-order chi connectivity index (χ0) is 15.2. The van der Waals surface area contributed by atoms with Crippen LogP contribution in [-0.4, -0.2) is 5.91 Å². The number of benzene rings is 2. The predicted molar refractivity (Wildman–Crippen MR) is 80.7 cm³/mol. The summed E-state index contributed by atoms with van der Waals surface area (Å²) in [7, 11) is 0. The van der Waals surface area contributed by atoms with Gasteiger partial charge in [0.25, 0.3) is 5.91 Å². The van der Waals surface area contributed by atoms with E-state index in [0.29, 0.717) is 17.7 Å². The van der Waals surface area contributed by atoms with Crippen LogP contribution in [0.5, 0.6) is 0 Å². The third-order valence-corrected chi connectivity index (χ3v) is 3.66. The highest BCUT2D eigenvalue weighted by atomic mass is 79.9. The van der Waals surface area contributed by atoms with Crippen LogP contribution < -0.4 is 11.3 Å². The molecule has 2 aromatic carbocycles. The van der Waals surface area contributed by atoms with Gasteiger partial charge in [0, 0.05) is 15.6 Å². The largest absolute Gasteiger partial charge is 0.372 e. The quantitative estimate of drug-likeness (QED) is 0.494. The van der Waals surface area contributed by atoms with Crippen LogP contribution in [0.3, 0.4) is 0 Å². The van der Waals surface area contributed by atoms with Gasteiger partial charge in [-0.25, -0.2) is 10.2 Å². The van der Waals surface area contributed by atoms with Crippen LogP contribution in [0.15, 0.2) is 46.9 Å². The van der Waals surface area contributed by atoms with Crippen molar-refractivity contribution in [2.45, 2.75) is 13.2 Å². The SMILES string of the molecule is NNC(=O)c1ccc(COCc2ccccc2F)c(Br)c1. The van der Waals surface area contributed by atoms with Crippen LogP contribution in [0.25, 0.3) is 0 Å². The van der Waals surface area contributed by atoms with Crippen molar-refractivity contribution >= 4 is 21.8 Å². The number of nitrogen functional groups attached to an aromatic ring is 1. The minimum Gasteiger partial charge on any atom is -0.372 e. The Morgan fingerprint density at radius 3 is 2.57 bits per heavy atom. The fourth-order valence-electron chi connectivity index (χ4n) is 1.78. The van der Waals surface area contributed by atoms with Crippen LogP contribution in [0.4, 0.5) is 4.39 Å². The molecule has 21 heavy (non-hydrogen) atoms. The highest BCUT2D eigenvalue weighted by Crippen LogP contribution is 2.20. The van der Waals surface area contributed by atoms with Crippen molar-refractivity contribution < 1.29 is 13.9 Å². The molecule has 0 aliphatic carbocycles. The predicted octanol–water partition coefficient (Wildman–Crippen LogP) is 2.91. The average molecular weight is 353 g/mol. The first kappa shape index (κ1) is 15.6. The molecule has 6 heteroatoms. The maximum atomic E-state index is 13.4. The fourth-order valence-corrected chi connectivity index (χ4v) is 2.27. The zero-order valence-electron chi connectivity index (χ0n) is 11.1. The summed E-state index contributed by atoms with van der Waals surface area (Å²) >= 11 is 3.37. The summed E-state index contributed by atoms with van der Waals surface area (Å²) in [5.74, 6) is 4.42. The van der Waals surface area contributed by atoms with E-state index in [0.717, 1.165) is 10.0 Å². The van der Waals surface area contributed by atoms with Gasteiger partial charge >= 0.3 is 0 Å². The number of hydrazine groups is 1. The number of amides is 1. The topological polar surface area (TPSA) is 64.3 Å². The number of nitrogens with two attached hydrogens (primary N) is 1. The van der Waals surface area contributed by atoms with Gasteiger partial charge in [0.2, 0.25) is 0 Å². The lowest BCUT2D eigenvalue weighted by Gasteiger charge is -2.08. The first-order valence-electron chi connectivity index (χ1n) is 6.22. The van der Waals surface area contributed by atoms with Crippen molar-refractivity contribution in [1.82, 2.24) is 5.43 Å². The molecule has 0 fully saturated rings. The Balaban J connectivity index is 1.98. The number of nitrogens with one attached hydrogen (secondary N) is 1. The Morgan fingerprint density at radius 1 is 1.19 bits per heavy atom. The van der Waals surface area contributed by atoms with E-state index in [4.69, 9.17) is 10.6 Å². The smallest absolute Gasteiger partial charge is 0.265 e. The van der Waals surface area contributed by atoms with Gasteiger partial charge in [-0.05, 0) is 23.8 Å². The molecular weight excluding hydrogens is 339 g/mol. The van der Waals surface area contributed by atoms with Crippen molar-refractivity contribution in [1.29, 1.82) is 0 Å². The van der Waals surface area contributed by atoms with Crippen LogP contribution in [0.2, 0.25) is 0 Å². The molecule has 0 saturated heterocycles. The molecule has 0 radical (unpaired) electrons. The maximum Gasteiger partial charge on any atom is 0.265 e. The van der Waals surface area contributed by atoms with Gasteiger partial charge in [-0.3, -0.25) is 10.2 Å². The number of carbonyl (C=O) groups excluding carboxylic acids is 1. The summed E-state index contributed by atoms with van der Waals surface area (Å²) in [6.45, 7) is 0.490. The Morgan fingerprint density at radius 2 is 1.90 bits per heavy atom. The molecule has 2 aromatic rings. The maximum absolute atomic E-state index is 13.4. The number of rotatable bonds is 5. The molecule has 0 aliphatic heterocycles. The summed E-state index contributed by atoms with van der Waals surface area (Å²) in [5.41, 5.74) is 3.88.